The summed E-state index contributed by atoms with van der Waals surface area (Å²) in [5.41, 5.74) is 4.88. The number of aryl methyl sites for hydroxylation is 1. The molecule has 0 unspecified atom stereocenters. The maximum Gasteiger partial charge on any atom is 0.283 e. The number of hydrogen-bond acceptors (Lipinski definition) is 7. The Hall–Kier alpha value is -5.03. The Morgan fingerprint density at radius 2 is 1.78 bits per heavy atom. The number of rotatable bonds is 7. The number of carbonyl (C=O) groups excluding carboxylic acids is 1. The lowest BCUT2D eigenvalue weighted by Gasteiger charge is -2.20. The van der Waals surface area contributed by atoms with Gasteiger partial charge in [0.1, 0.15) is 17.4 Å². The van der Waals surface area contributed by atoms with Crippen LogP contribution in [0.3, 0.4) is 0 Å². The lowest BCUT2D eigenvalue weighted by atomic mass is 10.1. The molecule has 41 heavy (non-hydrogen) atoms. The minimum absolute atomic E-state index is 0.00569. The van der Waals surface area contributed by atoms with Crippen molar-refractivity contribution in [2.75, 3.05) is 6.61 Å². The molecule has 3 aromatic carbocycles. The monoisotopic (exact) mass is 564 g/mol. The van der Waals surface area contributed by atoms with Gasteiger partial charge in [0.2, 0.25) is 5.17 Å². The van der Waals surface area contributed by atoms with E-state index < -0.39 is 10.8 Å². The fraction of sp³-hybridized carbons (Fsp3) is 0.133. The van der Waals surface area contributed by atoms with Gasteiger partial charge in [0.25, 0.3) is 11.6 Å². The van der Waals surface area contributed by atoms with Crippen molar-refractivity contribution in [2.24, 2.45) is 10.1 Å². The Morgan fingerprint density at radius 1 is 1.05 bits per heavy atom. The van der Waals surface area contributed by atoms with E-state index in [1.807, 2.05) is 62.4 Å². The van der Waals surface area contributed by atoms with Crippen LogP contribution in [0.5, 0.6) is 5.75 Å². The maximum atomic E-state index is 13.1. The van der Waals surface area contributed by atoms with Gasteiger partial charge >= 0.3 is 0 Å². The van der Waals surface area contributed by atoms with Gasteiger partial charge in [-0.25, -0.2) is 0 Å². The summed E-state index contributed by atoms with van der Waals surface area (Å²) in [4.78, 5) is 27.8. The number of aliphatic imine (C=N–C) groups is 1. The molecule has 0 atom stereocenters. The second-order valence-electron chi connectivity index (χ2n) is 9.56. The van der Waals surface area contributed by atoms with E-state index in [9.17, 15) is 14.9 Å². The lowest BCUT2D eigenvalue weighted by Crippen LogP contribution is -2.35. The molecule has 0 saturated carbocycles. The number of thioether (sulfide) groups is 1. The second-order valence-corrected chi connectivity index (χ2v) is 10.5. The minimum atomic E-state index is -0.480. The molecule has 0 fully saturated rings. The van der Waals surface area contributed by atoms with Crippen molar-refractivity contribution in [1.82, 2.24) is 9.58 Å². The number of fused-ring (bicyclic) bond motifs is 2. The molecule has 1 amide bonds. The maximum absolute atomic E-state index is 13.1. The van der Waals surface area contributed by atoms with Crippen molar-refractivity contribution in [1.29, 1.82) is 5.41 Å². The van der Waals surface area contributed by atoms with E-state index in [-0.39, 0.29) is 17.1 Å². The van der Waals surface area contributed by atoms with E-state index in [1.54, 1.807) is 18.2 Å². The van der Waals surface area contributed by atoms with Gasteiger partial charge in [-0.05, 0) is 49.9 Å². The van der Waals surface area contributed by atoms with Gasteiger partial charge in [-0.2, -0.15) is 15.1 Å². The molecular weight excluding hydrogens is 540 g/mol. The smallest absolute Gasteiger partial charge is 0.283 e. The third-order valence-corrected chi connectivity index (χ3v) is 7.91. The summed E-state index contributed by atoms with van der Waals surface area (Å²) < 4.78 is 7.95. The Morgan fingerprint density at radius 3 is 2.51 bits per heavy atom. The zero-order valence-corrected chi connectivity index (χ0v) is 23.0. The summed E-state index contributed by atoms with van der Waals surface area (Å²) in [6.45, 7) is 4.81. The molecule has 6 rings (SSSR count). The molecule has 0 radical (unpaired) electrons. The predicted octanol–water partition coefficient (Wildman–Crippen LogP) is 5.91. The third-order valence-electron chi connectivity index (χ3n) is 6.95. The summed E-state index contributed by atoms with van der Waals surface area (Å²) in [6, 6.07) is 21.7. The minimum Gasteiger partial charge on any atom is -0.492 e. The summed E-state index contributed by atoms with van der Waals surface area (Å²) in [5, 5.41) is 27.7. The number of amides is 1. The van der Waals surface area contributed by atoms with Crippen molar-refractivity contribution in [3.63, 3.8) is 0 Å². The van der Waals surface area contributed by atoms with Gasteiger partial charge in [-0.15, -0.1) is 0 Å². The number of amidine groups is 2. The topological polar surface area (TPSA) is 126 Å². The molecule has 0 saturated heterocycles. The third kappa shape index (κ3) is 4.91. The number of para-hydroxylation sites is 1. The Bertz CT molecular complexity index is 1820. The van der Waals surface area contributed by atoms with Gasteiger partial charge in [-0.3, -0.25) is 20.3 Å². The average Bonchev–Trinajstić information content (AvgIpc) is 3.51. The molecule has 2 aliphatic heterocycles. The van der Waals surface area contributed by atoms with Crippen molar-refractivity contribution >= 4 is 56.4 Å². The summed E-state index contributed by atoms with van der Waals surface area (Å²) in [5.74, 6) is 0.0372. The SMILES string of the molecule is Cc1ccc(C2=NN3C(=N)/C(=C/c4c(C)n(CCOc5ccc([N+](=O)[O-])cc5)c5ccccc45)C(=O)N=C3S2)cc1. The quantitative estimate of drug-likeness (QED) is 0.169. The molecular formula is C30H24N6O4S. The van der Waals surface area contributed by atoms with E-state index >= 15 is 0 Å². The summed E-state index contributed by atoms with van der Waals surface area (Å²) in [6.07, 6.45) is 1.72. The number of hydrazone groups is 1. The van der Waals surface area contributed by atoms with Crippen LogP contribution in [-0.4, -0.2) is 43.1 Å². The zero-order chi connectivity index (χ0) is 28.7. The van der Waals surface area contributed by atoms with Gasteiger partial charge in [0.05, 0.1) is 17.0 Å². The number of nitrogens with one attached hydrogen (secondary N) is 1. The summed E-state index contributed by atoms with van der Waals surface area (Å²) >= 11 is 1.27. The lowest BCUT2D eigenvalue weighted by molar-refractivity contribution is -0.384. The Balaban J connectivity index is 1.28. The van der Waals surface area contributed by atoms with Gasteiger partial charge in [0.15, 0.2) is 5.84 Å². The van der Waals surface area contributed by atoms with E-state index in [0.29, 0.717) is 29.1 Å². The van der Waals surface area contributed by atoms with E-state index in [4.69, 9.17) is 10.1 Å². The number of nitrogens with zero attached hydrogens (tertiary/aromatic N) is 5. The van der Waals surface area contributed by atoms with Crippen LogP contribution < -0.4 is 4.74 Å². The molecule has 1 aromatic heterocycles. The first-order valence-corrected chi connectivity index (χ1v) is 13.6. The van der Waals surface area contributed by atoms with Crippen molar-refractivity contribution in [2.45, 2.75) is 20.4 Å². The Labute approximate surface area is 239 Å². The highest BCUT2D eigenvalue weighted by molar-refractivity contribution is 8.27. The number of nitro benzene ring substituents is 1. The number of nitro groups is 1. The van der Waals surface area contributed by atoms with Crippen molar-refractivity contribution in [3.8, 4) is 5.75 Å². The molecule has 1 N–H and O–H groups in total. The average molecular weight is 565 g/mol. The molecule has 10 nitrogen and oxygen atoms in total. The number of benzene rings is 3. The Kier molecular flexibility index (Phi) is 6.72. The van der Waals surface area contributed by atoms with Gasteiger partial charge < -0.3 is 9.30 Å². The fourth-order valence-electron chi connectivity index (χ4n) is 4.80. The number of hydrogen-bond donors (Lipinski definition) is 1. The van der Waals surface area contributed by atoms with Crippen molar-refractivity contribution in [3.05, 3.63) is 111 Å². The van der Waals surface area contributed by atoms with Crippen LogP contribution in [0.1, 0.15) is 22.4 Å². The van der Waals surface area contributed by atoms with E-state index in [0.717, 1.165) is 33.3 Å². The molecule has 4 aromatic rings. The van der Waals surface area contributed by atoms with E-state index in [2.05, 4.69) is 14.7 Å². The van der Waals surface area contributed by atoms with Gasteiger partial charge in [0, 0.05) is 39.9 Å². The van der Waals surface area contributed by atoms with Crippen LogP contribution in [0.4, 0.5) is 5.69 Å². The molecule has 0 bridgehead atoms. The normalized spacial score (nSPS) is 15.8. The van der Waals surface area contributed by atoms with E-state index in [1.165, 1.54) is 28.9 Å². The molecule has 11 heteroatoms. The van der Waals surface area contributed by atoms with Gasteiger partial charge in [-0.1, -0.05) is 48.0 Å². The highest BCUT2D eigenvalue weighted by Gasteiger charge is 2.36. The molecule has 2 aliphatic rings. The van der Waals surface area contributed by atoms with Crippen LogP contribution >= 0.6 is 11.8 Å². The standard InChI is InChI=1S/C30H24N6O4S/c1-18-7-9-20(10-8-18)29-33-35-27(31)25(28(37)32-30(35)41-29)17-24-19(2)34(26-6-4-3-5-23(24)26)15-16-40-22-13-11-21(12-14-22)36(38)39/h3-14,17,31H,15-16H2,1-2H3/b25-17-,31-27?. The van der Waals surface area contributed by atoms with Crippen LogP contribution in [0.25, 0.3) is 17.0 Å². The zero-order valence-electron chi connectivity index (χ0n) is 22.2. The highest BCUT2D eigenvalue weighted by Crippen LogP contribution is 2.33. The van der Waals surface area contributed by atoms with Crippen LogP contribution in [0.2, 0.25) is 0 Å². The number of non-ortho nitro benzene ring substituents is 1. The molecule has 0 spiro atoms. The molecule has 0 aliphatic carbocycles. The van der Waals surface area contributed by atoms with Crippen LogP contribution in [0.15, 0.2) is 88.5 Å². The number of carbonyl (C=O) groups is 1. The van der Waals surface area contributed by atoms with Crippen molar-refractivity contribution < 1.29 is 14.5 Å². The largest absolute Gasteiger partial charge is 0.492 e. The predicted molar refractivity (Wildman–Crippen MR) is 161 cm³/mol. The van der Waals surface area contributed by atoms with Crippen LogP contribution in [-0.2, 0) is 11.3 Å². The molecule has 3 heterocycles. The fourth-order valence-corrected chi connectivity index (χ4v) is 5.69. The first-order chi connectivity index (χ1) is 19.8. The first kappa shape index (κ1) is 26.2. The first-order valence-electron chi connectivity index (χ1n) is 12.8. The second kappa shape index (κ2) is 10.5. The summed E-state index contributed by atoms with van der Waals surface area (Å²) in [7, 11) is 0. The van der Waals surface area contributed by atoms with Crippen LogP contribution in [0, 0.1) is 29.4 Å². The highest BCUT2D eigenvalue weighted by atomic mass is 32.2. The number of ether oxygens (including phenoxy) is 1. The molecule has 204 valence electrons. The number of aromatic nitrogens is 1.